The third-order valence-electron chi connectivity index (χ3n) is 2.02. The standard InChI is InChI=1S/C11H11NO5/c1-17-10-7-9(12(15)16)6-5-8(10)3-2-4-11(13)14/h2-3,5-7H,4H2,1H3,(H,13,14). The third kappa shape index (κ3) is 3.60. The Hall–Kier alpha value is -2.37. The lowest BCUT2D eigenvalue weighted by Gasteiger charge is -2.03. The Kier molecular flexibility index (Phi) is 4.21. The Morgan fingerprint density at radius 2 is 2.29 bits per heavy atom. The highest BCUT2D eigenvalue weighted by atomic mass is 16.6. The minimum absolute atomic E-state index is 0.0720. The molecule has 0 aliphatic heterocycles. The summed E-state index contributed by atoms with van der Waals surface area (Å²) in [6.07, 6.45) is 2.89. The molecule has 0 radical (unpaired) electrons. The Morgan fingerprint density at radius 1 is 1.59 bits per heavy atom. The molecular formula is C11H11NO5. The normalized spacial score (nSPS) is 10.4. The number of carbonyl (C=O) groups is 1. The highest BCUT2D eigenvalue weighted by Gasteiger charge is 2.09. The van der Waals surface area contributed by atoms with Gasteiger partial charge in [0.2, 0.25) is 0 Å². The van der Waals surface area contributed by atoms with E-state index in [1.54, 1.807) is 6.08 Å². The van der Waals surface area contributed by atoms with E-state index in [-0.39, 0.29) is 12.1 Å². The molecular weight excluding hydrogens is 226 g/mol. The predicted molar refractivity (Wildman–Crippen MR) is 60.9 cm³/mol. The number of non-ortho nitro benzene ring substituents is 1. The Morgan fingerprint density at radius 3 is 2.82 bits per heavy atom. The maximum absolute atomic E-state index is 10.5. The second-order valence-electron chi connectivity index (χ2n) is 3.18. The average Bonchev–Trinajstić information content (AvgIpc) is 2.28. The van der Waals surface area contributed by atoms with Crippen LogP contribution in [0.3, 0.4) is 0 Å². The zero-order valence-corrected chi connectivity index (χ0v) is 9.12. The Bertz CT molecular complexity index is 467. The molecule has 0 amide bonds. The summed E-state index contributed by atoms with van der Waals surface area (Å²) in [6.45, 7) is 0. The number of nitro groups is 1. The number of methoxy groups -OCH3 is 1. The number of aliphatic carboxylic acids is 1. The molecule has 90 valence electrons. The maximum Gasteiger partial charge on any atom is 0.307 e. The van der Waals surface area contributed by atoms with Crippen LogP contribution in [0.2, 0.25) is 0 Å². The first-order valence-corrected chi connectivity index (χ1v) is 4.75. The van der Waals surface area contributed by atoms with Crippen molar-refractivity contribution in [2.24, 2.45) is 0 Å². The first-order valence-electron chi connectivity index (χ1n) is 4.75. The van der Waals surface area contributed by atoms with Gasteiger partial charge in [-0.25, -0.2) is 0 Å². The number of ether oxygens (including phenoxy) is 1. The number of carboxylic acid groups (broad SMARTS) is 1. The zero-order valence-electron chi connectivity index (χ0n) is 9.12. The van der Waals surface area contributed by atoms with Crippen LogP contribution in [0.4, 0.5) is 5.69 Å². The van der Waals surface area contributed by atoms with Crippen LogP contribution in [-0.2, 0) is 4.79 Å². The summed E-state index contributed by atoms with van der Waals surface area (Å²) in [5.41, 5.74) is 0.525. The van der Waals surface area contributed by atoms with E-state index in [1.165, 1.54) is 31.4 Å². The topological polar surface area (TPSA) is 89.7 Å². The SMILES string of the molecule is COc1cc([N+](=O)[O-])ccc1C=CCC(=O)O. The van der Waals surface area contributed by atoms with Gasteiger partial charge >= 0.3 is 5.97 Å². The van der Waals surface area contributed by atoms with Crippen molar-refractivity contribution in [3.05, 3.63) is 40.0 Å². The lowest BCUT2D eigenvalue weighted by atomic mass is 10.1. The summed E-state index contributed by atoms with van der Waals surface area (Å²) in [4.78, 5) is 20.3. The lowest BCUT2D eigenvalue weighted by molar-refractivity contribution is -0.384. The Labute approximate surface area is 97.3 Å². The van der Waals surface area contributed by atoms with Gasteiger partial charge < -0.3 is 9.84 Å². The molecule has 0 atom stereocenters. The van der Waals surface area contributed by atoms with E-state index in [9.17, 15) is 14.9 Å². The molecule has 1 aromatic rings. The van der Waals surface area contributed by atoms with E-state index in [0.717, 1.165) is 0 Å². The van der Waals surface area contributed by atoms with Gasteiger partial charge in [0, 0.05) is 11.6 Å². The average molecular weight is 237 g/mol. The van der Waals surface area contributed by atoms with Crippen molar-refractivity contribution in [1.82, 2.24) is 0 Å². The maximum atomic E-state index is 10.5. The molecule has 17 heavy (non-hydrogen) atoms. The molecule has 0 aliphatic carbocycles. The number of benzene rings is 1. The van der Waals surface area contributed by atoms with Gasteiger partial charge in [0.05, 0.1) is 24.5 Å². The molecule has 0 spiro atoms. The first kappa shape index (κ1) is 12.7. The van der Waals surface area contributed by atoms with Crippen molar-refractivity contribution in [1.29, 1.82) is 0 Å². The highest BCUT2D eigenvalue weighted by molar-refractivity contribution is 5.71. The van der Waals surface area contributed by atoms with E-state index in [4.69, 9.17) is 9.84 Å². The fraction of sp³-hybridized carbons (Fsp3) is 0.182. The second kappa shape index (κ2) is 5.64. The largest absolute Gasteiger partial charge is 0.496 e. The van der Waals surface area contributed by atoms with Crippen molar-refractivity contribution in [2.75, 3.05) is 7.11 Å². The van der Waals surface area contributed by atoms with Gasteiger partial charge in [-0.1, -0.05) is 12.2 Å². The van der Waals surface area contributed by atoms with Gasteiger partial charge in [0.15, 0.2) is 0 Å². The van der Waals surface area contributed by atoms with E-state index >= 15 is 0 Å². The van der Waals surface area contributed by atoms with Gasteiger partial charge in [-0.2, -0.15) is 0 Å². The van der Waals surface area contributed by atoms with Crippen LogP contribution < -0.4 is 4.74 Å². The molecule has 6 nitrogen and oxygen atoms in total. The highest BCUT2D eigenvalue weighted by Crippen LogP contribution is 2.25. The molecule has 0 fully saturated rings. The number of carboxylic acids is 1. The molecule has 1 N–H and O–H groups in total. The summed E-state index contributed by atoms with van der Waals surface area (Å²) in [5, 5.41) is 19.0. The minimum Gasteiger partial charge on any atom is -0.496 e. The number of rotatable bonds is 5. The first-order chi connectivity index (χ1) is 8.04. The van der Waals surface area contributed by atoms with E-state index in [2.05, 4.69) is 0 Å². The van der Waals surface area contributed by atoms with Crippen LogP contribution in [0.15, 0.2) is 24.3 Å². The Balaban J connectivity index is 2.96. The van der Waals surface area contributed by atoms with E-state index in [0.29, 0.717) is 11.3 Å². The number of hydrogen-bond acceptors (Lipinski definition) is 4. The molecule has 0 aromatic heterocycles. The van der Waals surface area contributed by atoms with Crippen LogP contribution in [-0.4, -0.2) is 23.1 Å². The smallest absolute Gasteiger partial charge is 0.307 e. The molecule has 1 aromatic carbocycles. The van der Waals surface area contributed by atoms with Gasteiger partial charge in [-0.05, 0) is 6.07 Å². The van der Waals surface area contributed by atoms with Crippen LogP contribution in [0.1, 0.15) is 12.0 Å². The third-order valence-corrected chi connectivity index (χ3v) is 2.02. The molecule has 1 rings (SSSR count). The van der Waals surface area contributed by atoms with Gasteiger partial charge in [0.25, 0.3) is 5.69 Å². The molecule has 0 aliphatic rings. The molecule has 0 unspecified atom stereocenters. The van der Waals surface area contributed by atoms with Crippen molar-refractivity contribution in [2.45, 2.75) is 6.42 Å². The van der Waals surface area contributed by atoms with E-state index < -0.39 is 10.9 Å². The minimum atomic E-state index is -0.942. The van der Waals surface area contributed by atoms with Crippen LogP contribution in [0.25, 0.3) is 6.08 Å². The van der Waals surface area contributed by atoms with Crippen molar-refractivity contribution >= 4 is 17.7 Å². The molecule has 0 heterocycles. The number of nitro benzene ring substituents is 1. The molecule has 0 bridgehead atoms. The predicted octanol–water partition coefficient (Wildman–Crippen LogP) is 2.09. The van der Waals surface area contributed by atoms with Crippen LogP contribution in [0.5, 0.6) is 5.75 Å². The van der Waals surface area contributed by atoms with Gasteiger partial charge in [0.1, 0.15) is 5.75 Å². The van der Waals surface area contributed by atoms with Crippen LogP contribution >= 0.6 is 0 Å². The zero-order chi connectivity index (χ0) is 12.8. The fourth-order valence-electron chi connectivity index (χ4n) is 1.24. The summed E-state index contributed by atoms with van der Waals surface area (Å²) in [7, 11) is 1.40. The summed E-state index contributed by atoms with van der Waals surface area (Å²) < 4.78 is 4.99. The van der Waals surface area contributed by atoms with E-state index in [1.807, 2.05) is 0 Å². The summed E-state index contributed by atoms with van der Waals surface area (Å²) in [5.74, 6) is -0.608. The summed E-state index contributed by atoms with van der Waals surface area (Å²) >= 11 is 0. The van der Waals surface area contributed by atoms with Crippen molar-refractivity contribution in [3.63, 3.8) is 0 Å². The van der Waals surface area contributed by atoms with Crippen molar-refractivity contribution < 1.29 is 19.6 Å². The van der Waals surface area contributed by atoms with Crippen molar-refractivity contribution in [3.8, 4) is 5.75 Å². The number of nitrogens with zero attached hydrogens (tertiary/aromatic N) is 1. The molecule has 6 heteroatoms. The fourth-order valence-corrected chi connectivity index (χ4v) is 1.24. The van der Waals surface area contributed by atoms with Gasteiger partial charge in [-0.3, -0.25) is 14.9 Å². The molecule has 0 saturated carbocycles. The quantitative estimate of drug-likeness (QED) is 0.625. The van der Waals surface area contributed by atoms with Crippen LogP contribution in [0, 0.1) is 10.1 Å². The second-order valence-corrected chi connectivity index (χ2v) is 3.18. The molecule has 0 saturated heterocycles. The monoisotopic (exact) mass is 237 g/mol. The summed E-state index contributed by atoms with van der Waals surface area (Å²) in [6, 6.07) is 4.14. The van der Waals surface area contributed by atoms with Gasteiger partial charge in [-0.15, -0.1) is 0 Å². The lowest BCUT2D eigenvalue weighted by Crippen LogP contribution is -1.93. The number of hydrogen-bond donors (Lipinski definition) is 1.